The summed E-state index contributed by atoms with van der Waals surface area (Å²) in [6, 6.07) is 2.40. The van der Waals surface area contributed by atoms with Crippen LogP contribution in [0, 0.1) is 11.3 Å². The minimum Gasteiger partial charge on any atom is -0.381 e. The normalized spacial score (nSPS) is 13.8. The van der Waals surface area contributed by atoms with Crippen molar-refractivity contribution in [1.29, 1.82) is 5.26 Å². The molecule has 0 radical (unpaired) electrons. The number of nitrogens with zero attached hydrogens (tertiary/aromatic N) is 1. The van der Waals surface area contributed by atoms with Crippen LogP contribution in [0.4, 0.5) is 0 Å². The van der Waals surface area contributed by atoms with Crippen LogP contribution >= 0.6 is 0 Å². The van der Waals surface area contributed by atoms with E-state index in [0.29, 0.717) is 0 Å². The Bertz CT molecular complexity index is 262. The Hall–Kier alpha value is -0.590. The minimum absolute atomic E-state index is 0.366. The molecule has 0 fully saturated rings. The average Bonchev–Trinajstić information content (AvgIpc) is 2.50. The van der Waals surface area contributed by atoms with Gasteiger partial charge in [0, 0.05) is 13.2 Å². The molecule has 3 nitrogen and oxygen atoms in total. The fourth-order valence-corrected chi connectivity index (χ4v) is 2.35. The summed E-state index contributed by atoms with van der Waals surface area (Å²) in [5.41, 5.74) is -0.366. The standard InChI is InChI=1S/C18H36N2O/c1-4-6-7-8-9-11-15-21-16-12-10-13-18(3,17-19)20-14-5-2/h20H,4-16H2,1-3H3. The highest BCUT2D eigenvalue weighted by molar-refractivity contribution is 5.03. The van der Waals surface area contributed by atoms with E-state index in [-0.39, 0.29) is 5.54 Å². The zero-order valence-electron chi connectivity index (χ0n) is 14.5. The number of hydrogen-bond donors (Lipinski definition) is 1. The van der Waals surface area contributed by atoms with Gasteiger partial charge in [0.25, 0.3) is 0 Å². The zero-order valence-corrected chi connectivity index (χ0v) is 14.5. The Kier molecular flexibility index (Phi) is 13.9. The van der Waals surface area contributed by atoms with Crippen LogP contribution in [0.2, 0.25) is 0 Å². The van der Waals surface area contributed by atoms with Crippen molar-refractivity contribution in [3.05, 3.63) is 0 Å². The molecule has 21 heavy (non-hydrogen) atoms. The van der Waals surface area contributed by atoms with E-state index in [2.05, 4.69) is 25.2 Å². The third kappa shape index (κ3) is 12.8. The van der Waals surface area contributed by atoms with Crippen molar-refractivity contribution >= 4 is 0 Å². The van der Waals surface area contributed by atoms with Gasteiger partial charge in [-0.05, 0) is 45.6 Å². The van der Waals surface area contributed by atoms with Gasteiger partial charge in [0.05, 0.1) is 6.07 Å². The monoisotopic (exact) mass is 296 g/mol. The first-order valence-electron chi connectivity index (χ1n) is 8.92. The van der Waals surface area contributed by atoms with Gasteiger partial charge < -0.3 is 4.74 Å². The lowest BCUT2D eigenvalue weighted by atomic mass is 9.96. The van der Waals surface area contributed by atoms with Crippen LogP contribution in [0.25, 0.3) is 0 Å². The number of unbranched alkanes of at least 4 members (excludes halogenated alkanes) is 6. The number of nitriles is 1. The van der Waals surface area contributed by atoms with Gasteiger partial charge in [0.2, 0.25) is 0 Å². The van der Waals surface area contributed by atoms with Crippen LogP contribution in [0.15, 0.2) is 0 Å². The van der Waals surface area contributed by atoms with Crippen LogP contribution < -0.4 is 5.32 Å². The largest absolute Gasteiger partial charge is 0.381 e. The molecule has 1 N–H and O–H groups in total. The van der Waals surface area contributed by atoms with Crippen molar-refractivity contribution in [3.63, 3.8) is 0 Å². The second-order valence-corrected chi connectivity index (χ2v) is 6.21. The fraction of sp³-hybridized carbons (Fsp3) is 0.944. The maximum atomic E-state index is 9.23. The molecular weight excluding hydrogens is 260 g/mol. The molecule has 0 amide bonds. The topological polar surface area (TPSA) is 45.0 Å². The van der Waals surface area contributed by atoms with E-state index in [1.165, 1.54) is 38.5 Å². The maximum absolute atomic E-state index is 9.23. The Balaban J connectivity index is 3.37. The molecule has 0 bridgehead atoms. The predicted octanol–water partition coefficient (Wildman–Crippen LogP) is 4.82. The SMILES string of the molecule is CCCCCCCCOCCCCC(C)(C#N)NCCC. The maximum Gasteiger partial charge on any atom is 0.103 e. The van der Waals surface area contributed by atoms with Crippen molar-refractivity contribution < 1.29 is 4.74 Å². The first kappa shape index (κ1) is 20.4. The second-order valence-electron chi connectivity index (χ2n) is 6.21. The first-order chi connectivity index (χ1) is 10.2. The second kappa shape index (κ2) is 14.4. The van der Waals surface area contributed by atoms with Crippen molar-refractivity contribution in [1.82, 2.24) is 5.32 Å². The van der Waals surface area contributed by atoms with Crippen molar-refractivity contribution in [3.8, 4) is 6.07 Å². The van der Waals surface area contributed by atoms with Gasteiger partial charge in [-0.15, -0.1) is 0 Å². The van der Waals surface area contributed by atoms with Gasteiger partial charge in [0.15, 0.2) is 0 Å². The summed E-state index contributed by atoms with van der Waals surface area (Å²) in [6.07, 6.45) is 12.0. The average molecular weight is 296 g/mol. The number of ether oxygens (including phenoxy) is 1. The van der Waals surface area contributed by atoms with Gasteiger partial charge in [-0.25, -0.2) is 0 Å². The molecule has 1 unspecified atom stereocenters. The van der Waals surface area contributed by atoms with E-state index < -0.39 is 0 Å². The summed E-state index contributed by atoms with van der Waals surface area (Å²) in [7, 11) is 0. The lowest BCUT2D eigenvalue weighted by Gasteiger charge is -2.22. The molecule has 0 aromatic heterocycles. The molecule has 0 saturated carbocycles. The number of rotatable bonds is 15. The lowest BCUT2D eigenvalue weighted by Crippen LogP contribution is -2.41. The molecule has 0 aliphatic heterocycles. The molecule has 0 aromatic carbocycles. The summed E-state index contributed by atoms with van der Waals surface area (Å²) in [4.78, 5) is 0. The molecule has 0 heterocycles. The summed E-state index contributed by atoms with van der Waals surface area (Å²) in [5.74, 6) is 0. The van der Waals surface area contributed by atoms with Crippen LogP contribution in [-0.4, -0.2) is 25.3 Å². The van der Waals surface area contributed by atoms with E-state index in [9.17, 15) is 5.26 Å². The molecule has 0 rings (SSSR count). The molecule has 3 heteroatoms. The van der Waals surface area contributed by atoms with E-state index in [1.807, 2.05) is 6.92 Å². The molecule has 0 spiro atoms. The summed E-state index contributed by atoms with van der Waals surface area (Å²) in [5, 5.41) is 12.6. The highest BCUT2D eigenvalue weighted by Gasteiger charge is 2.21. The minimum atomic E-state index is -0.366. The van der Waals surface area contributed by atoms with Crippen molar-refractivity contribution in [2.45, 2.75) is 90.5 Å². The van der Waals surface area contributed by atoms with Crippen LogP contribution in [0.5, 0.6) is 0 Å². The third-order valence-corrected chi connectivity index (χ3v) is 3.87. The third-order valence-electron chi connectivity index (χ3n) is 3.87. The van der Waals surface area contributed by atoms with Crippen LogP contribution in [0.3, 0.4) is 0 Å². The first-order valence-corrected chi connectivity index (χ1v) is 8.92. The summed E-state index contributed by atoms with van der Waals surface area (Å²) in [6.45, 7) is 9.03. The molecule has 0 aromatic rings. The molecule has 0 saturated heterocycles. The van der Waals surface area contributed by atoms with E-state index in [1.54, 1.807) is 0 Å². The smallest absolute Gasteiger partial charge is 0.103 e. The zero-order chi connectivity index (χ0) is 15.8. The van der Waals surface area contributed by atoms with Gasteiger partial charge in [-0.1, -0.05) is 46.0 Å². The number of nitrogens with one attached hydrogen (secondary N) is 1. The molecule has 0 aliphatic rings. The lowest BCUT2D eigenvalue weighted by molar-refractivity contribution is 0.124. The number of hydrogen-bond acceptors (Lipinski definition) is 3. The Morgan fingerprint density at radius 2 is 1.52 bits per heavy atom. The van der Waals surface area contributed by atoms with Crippen molar-refractivity contribution in [2.24, 2.45) is 0 Å². The van der Waals surface area contributed by atoms with Crippen molar-refractivity contribution in [2.75, 3.05) is 19.8 Å². The fourth-order valence-electron chi connectivity index (χ4n) is 2.35. The van der Waals surface area contributed by atoms with Crippen LogP contribution in [-0.2, 0) is 4.74 Å². The summed E-state index contributed by atoms with van der Waals surface area (Å²) < 4.78 is 5.67. The van der Waals surface area contributed by atoms with Gasteiger partial charge in [-0.2, -0.15) is 5.26 Å². The summed E-state index contributed by atoms with van der Waals surface area (Å²) >= 11 is 0. The molecule has 1 atom stereocenters. The Morgan fingerprint density at radius 1 is 0.905 bits per heavy atom. The molecule has 124 valence electrons. The van der Waals surface area contributed by atoms with E-state index >= 15 is 0 Å². The van der Waals surface area contributed by atoms with Gasteiger partial charge >= 0.3 is 0 Å². The highest BCUT2D eigenvalue weighted by Crippen LogP contribution is 2.13. The van der Waals surface area contributed by atoms with E-state index in [4.69, 9.17) is 4.74 Å². The highest BCUT2D eigenvalue weighted by atomic mass is 16.5. The predicted molar refractivity (Wildman–Crippen MR) is 90.4 cm³/mol. The Labute approximate surface area is 132 Å². The molecular formula is C18H36N2O. The van der Waals surface area contributed by atoms with E-state index in [0.717, 1.165) is 45.4 Å². The van der Waals surface area contributed by atoms with Gasteiger partial charge in [-0.3, -0.25) is 5.32 Å². The van der Waals surface area contributed by atoms with Gasteiger partial charge in [0.1, 0.15) is 5.54 Å². The van der Waals surface area contributed by atoms with Crippen LogP contribution in [0.1, 0.15) is 85.0 Å². The Morgan fingerprint density at radius 3 is 2.14 bits per heavy atom. The molecule has 0 aliphatic carbocycles. The quantitative estimate of drug-likeness (QED) is 0.441.